The van der Waals surface area contributed by atoms with E-state index in [4.69, 9.17) is 14.2 Å². The van der Waals surface area contributed by atoms with Crippen molar-refractivity contribution in [3.05, 3.63) is 53.3 Å². The highest BCUT2D eigenvalue weighted by atomic mass is 16.6. The number of carbonyl (C=O) groups excluding carboxylic acids is 1. The van der Waals surface area contributed by atoms with Crippen LogP contribution in [0.4, 0.5) is 22.1 Å². The lowest BCUT2D eigenvalue weighted by molar-refractivity contribution is 0.0575. The average molecular weight is 561 g/mol. The maximum atomic E-state index is 13.1. The maximum absolute atomic E-state index is 13.1. The highest BCUT2D eigenvalue weighted by Gasteiger charge is 2.44. The van der Waals surface area contributed by atoms with Crippen LogP contribution < -0.4 is 15.0 Å². The van der Waals surface area contributed by atoms with Crippen LogP contribution in [0.5, 0.6) is 5.88 Å². The number of methoxy groups -OCH3 is 2. The molecule has 11 nitrogen and oxygen atoms in total. The Balaban J connectivity index is 1.68. The fourth-order valence-electron chi connectivity index (χ4n) is 4.71. The summed E-state index contributed by atoms with van der Waals surface area (Å²) < 4.78 is 16.2. The molecule has 2 N–H and O–H groups in total. The molecule has 1 atom stereocenters. The van der Waals surface area contributed by atoms with Gasteiger partial charge < -0.3 is 24.6 Å². The summed E-state index contributed by atoms with van der Waals surface area (Å²) in [4.78, 5) is 28.1. The average Bonchev–Trinajstić information content (AvgIpc) is 3.26. The van der Waals surface area contributed by atoms with E-state index in [1.54, 1.807) is 53.3 Å². The van der Waals surface area contributed by atoms with Gasteiger partial charge in [0.05, 0.1) is 30.7 Å². The van der Waals surface area contributed by atoms with Crippen molar-refractivity contribution in [2.24, 2.45) is 0 Å². The summed E-state index contributed by atoms with van der Waals surface area (Å²) in [5, 5.41) is 23.6. The Kier molecular flexibility index (Phi) is 8.75. The minimum absolute atomic E-state index is 0.177. The number of nitrogens with zero attached hydrogens (tertiary/aromatic N) is 5. The molecule has 0 bridgehead atoms. The number of nitrogens with one attached hydrogen (secondary N) is 1. The van der Waals surface area contributed by atoms with Crippen molar-refractivity contribution < 1.29 is 24.1 Å². The van der Waals surface area contributed by atoms with E-state index in [-0.39, 0.29) is 18.7 Å². The fraction of sp³-hybridized carbons (Fsp3) is 0.433. The summed E-state index contributed by atoms with van der Waals surface area (Å²) in [5.74, 6) is 0.730. The molecule has 0 spiro atoms. The summed E-state index contributed by atoms with van der Waals surface area (Å²) in [6.07, 6.45) is 2.65. The molecule has 0 saturated heterocycles. The largest absolute Gasteiger partial charge is 0.480 e. The molecule has 3 heterocycles. The Morgan fingerprint density at radius 1 is 1.22 bits per heavy atom. The zero-order valence-electron chi connectivity index (χ0n) is 24.3. The maximum Gasteiger partial charge on any atom is 0.414 e. The van der Waals surface area contributed by atoms with E-state index in [1.165, 1.54) is 4.90 Å². The van der Waals surface area contributed by atoms with Gasteiger partial charge in [-0.2, -0.15) is 5.26 Å². The third kappa shape index (κ3) is 6.56. The van der Waals surface area contributed by atoms with E-state index in [1.807, 2.05) is 25.1 Å². The lowest BCUT2D eigenvalue weighted by Crippen LogP contribution is -2.40. The Hall–Kier alpha value is -4.27. The van der Waals surface area contributed by atoms with Crippen molar-refractivity contribution in [3.63, 3.8) is 0 Å². The number of aryl methyl sites for hydroxylation is 1. The van der Waals surface area contributed by atoms with Crippen LogP contribution in [0.3, 0.4) is 0 Å². The van der Waals surface area contributed by atoms with Crippen molar-refractivity contribution in [1.82, 2.24) is 15.0 Å². The number of nitriles is 1. The Morgan fingerprint density at radius 2 is 2.00 bits per heavy atom. The minimum Gasteiger partial charge on any atom is -0.480 e. The van der Waals surface area contributed by atoms with Crippen molar-refractivity contribution in [2.45, 2.75) is 51.6 Å². The number of aliphatic hydroxyl groups excluding tert-OH is 1. The molecule has 0 saturated carbocycles. The van der Waals surface area contributed by atoms with Gasteiger partial charge in [-0.15, -0.1) is 0 Å². The van der Waals surface area contributed by atoms with Gasteiger partial charge in [-0.3, -0.25) is 4.90 Å². The third-order valence-corrected chi connectivity index (χ3v) is 6.71. The standard InChI is InChI=1S/C30H36N6O5/c1-29(2,3)41-28(38)36-17-30(4,18-37)22-15-19(14-20(16-31)25(22)36)23-11-12-32-27(34-23)35-24-10-9-21(8-7-13-39-5)33-26(24)40-6/h9-12,14-15,37H,7-8,13,17-18H2,1-6H3,(H,32,34,35)/t30-/m1/s1. The quantitative estimate of drug-likeness (QED) is 0.352. The van der Waals surface area contributed by atoms with Crippen molar-refractivity contribution in [3.8, 4) is 23.2 Å². The molecule has 1 amide bonds. The van der Waals surface area contributed by atoms with Gasteiger partial charge in [0.25, 0.3) is 0 Å². The van der Waals surface area contributed by atoms with E-state index >= 15 is 0 Å². The van der Waals surface area contributed by atoms with Gasteiger partial charge in [0.2, 0.25) is 11.8 Å². The molecule has 3 aromatic rings. The number of carbonyl (C=O) groups is 1. The number of ether oxygens (including phenoxy) is 3. The topological polar surface area (TPSA) is 143 Å². The van der Waals surface area contributed by atoms with Crippen LogP contribution >= 0.6 is 0 Å². The molecule has 4 rings (SSSR count). The van der Waals surface area contributed by atoms with E-state index in [0.29, 0.717) is 46.6 Å². The van der Waals surface area contributed by atoms with Crippen LogP contribution in [0.25, 0.3) is 11.3 Å². The summed E-state index contributed by atoms with van der Waals surface area (Å²) in [5.41, 5.74) is 2.57. The molecule has 216 valence electrons. The smallest absolute Gasteiger partial charge is 0.414 e. The molecule has 0 unspecified atom stereocenters. The number of fused-ring (bicyclic) bond motifs is 1. The van der Waals surface area contributed by atoms with Gasteiger partial charge in [0.1, 0.15) is 17.4 Å². The monoisotopic (exact) mass is 560 g/mol. The molecular formula is C30H36N6O5. The van der Waals surface area contributed by atoms with E-state index in [2.05, 4.69) is 26.3 Å². The Bertz CT molecular complexity index is 1460. The van der Waals surface area contributed by atoms with E-state index in [0.717, 1.165) is 18.5 Å². The second kappa shape index (κ2) is 12.1. The molecular weight excluding hydrogens is 524 g/mol. The lowest BCUT2D eigenvalue weighted by Gasteiger charge is -2.26. The zero-order valence-corrected chi connectivity index (χ0v) is 24.3. The number of benzene rings is 1. The first-order valence-corrected chi connectivity index (χ1v) is 13.3. The highest BCUT2D eigenvalue weighted by Crippen LogP contribution is 2.45. The van der Waals surface area contributed by atoms with Crippen molar-refractivity contribution in [2.75, 3.05) is 44.2 Å². The first-order chi connectivity index (χ1) is 19.5. The van der Waals surface area contributed by atoms with Crippen molar-refractivity contribution >= 4 is 23.4 Å². The number of pyridine rings is 1. The van der Waals surface area contributed by atoms with Crippen LogP contribution in [-0.2, 0) is 21.3 Å². The van der Waals surface area contributed by atoms with Crippen LogP contribution in [0.15, 0.2) is 36.5 Å². The van der Waals surface area contributed by atoms with Gasteiger partial charge in [0.15, 0.2) is 0 Å². The molecule has 1 aliphatic heterocycles. The number of rotatable bonds is 9. The van der Waals surface area contributed by atoms with Gasteiger partial charge in [-0.1, -0.05) is 6.92 Å². The minimum atomic E-state index is -0.800. The molecule has 1 aromatic carbocycles. The summed E-state index contributed by atoms with van der Waals surface area (Å²) >= 11 is 0. The normalized spacial score (nSPS) is 16.2. The molecule has 11 heteroatoms. The Labute approximate surface area is 240 Å². The van der Waals surface area contributed by atoms with Gasteiger partial charge >= 0.3 is 6.09 Å². The zero-order chi connectivity index (χ0) is 29.8. The number of aliphatic hydroxyl groups is 1. The number of hydrogen-bond acceptors (Lipinski definition) is 10. The predicted molar refractivity (Wildman–Crippen MR) is 154 cm³/mol. The predicted octanol–water partition coefficient (Wildman–Crippen LogP) is 4.75. The summed E-state index contributed by atoms with van der Waals surface area (Å²) in [7, 11) is 3.22. The molecule has 1 aliphatic rings. The molecule has 0 aliphatic carbocycles. The number of hydrogen-bond donors (Lipinski definition) is 2. The third-order valence-electron chi connectivity index (χ3n) is 6.71. The van der Waals surface area contributed by atoms with Crippen LogP contribution in [0.1, 0.15) is 50.9 Å². The molecule has 0 fully saturated rings. The second-order valence-corrected chi connectivity index (χ2v) is 11.2. The first-order valence-electron chi connectivity index (χ1n) is 13.3. The first kappa shape index (κ1) is 29.7. The SMILES string of the molecule is COCCCc1ccc(Nc2nccc(-c3cc(C#N)c4c(c3)[C@@](C)(CO)CN4C(=O)OC(C)(C)C)n2)c(OC)n1. The highest BCUT2D eigenvalue weighted by molar-refractivity contribution is 5.95. The fourth-order valence-corrected chi connectivity index (χ4v) is 4.71. The van der Waals surface area contributed by atoms with Crippen LogP contribution in [0.2, 0.25) is 0 Å². The number of amides is 1. The van der Waals surface area contributed by atoms with Gasteiger partial charge in [0, 0.05) is 43.1 Å². The lowest BCUT2D eigenvalue weighted by atomic mass is 9.83. The van der Waals surface area contributed by atoms with E-state index in [9.17, 15) is 15.2 Å². The van der Waals surface area contributed by atoms with Crippen LogP contribution in [0, 0.1) is 11.3 Å². The van der Waals surface area contributed by atoms with Gasteiger partial charge in [-0.05, 0) is 69.5 Å². The molecule has 41 heavy (non-hydrogen) atoms. The number of anilines is 3. The van der Waals surface area contributed by atoms with E-state index < -0.39 is 17.1 Å². The van der Waals surface area contributed by atoms with Crippen molar-refractivity contribution in [1.29, 1.82) is 5.26 Å². The molecule has 2 aromatic heterocycles. The molecule has 0 radical (unpaired) electrons. The Morgan fingerprint density at radius 3 is 2.66 bits per heavy atom. The second-order valence-electron chi connectivity index (χ2n) is 11.2. The van der Waals surface area contributed by atoms with Gasteiger partial charge in [-0.25, -0.2) is 19.7 Å². The summed E-state index contributed by atoms with van der Waals surface area (Å²) in [6, 6.07) is 11.3. The summed E-state index contributed by atoms with van der Waals surface area (Å²) in [6.45, 7) is 7.81. The number of aromatic nitrogens is 3. The van der Waals surface area contributed by atoms with Crippen LogP contribution in [-0.4, -0.2) is 65.7 Å².